The van der Waals surface area contributed by atoms with Crippen LogP contribution in [0.1, 0.15) is 32.1 Å². The number of carbonyl (C=O) groups is 1. The topological polar surface area (TPSA) is 119 Å². The van der Waals surface area contributed by atoms with Crippen LogP contribution in [0, 0.1) is 5.92 Å². The predicted molar refractivity (Wildman–Crippen MR) is 128 cm³/mol. The Hall–Kier alpha value is -2.20. The summed E-state index contributed by atoms with van der Waals surface area (Å²) in [5, 5.41) is 33.9. The van der Waals surface area contributed by atoms with Crippen LogP contribution in [0.5, 0.6) is 0 Å². The van der Waals surface area contributed by atoms with Gasteiger partial charge in [0, 0.05) is 24.2 Å². The minimum atomic E-state index is -1.37. The van der Waals surface area contributed by atoms with E-state index in [0.29, 0.717) is 50.3 Å². The lowest BCUT2D eigenvalue weighted by Crippen LogP contribution is -2.57. The Morgan fingerprint density at radius 3 is 2.52 bits per heavy atom. The average molecular weight is 443 g/mol. The Morgan fingerprint density at radius 1 is 1.16 bits per heavy atom. The summed E-state index contributed by atoms with van der Waals surface area (Å²) < 4.78 is 0. The minimum Gasteiger partial charge on any atom is -0.480 e. The lowest BCUT2D eigenvalue weighted by molar-refractivity contribution is -0.146. The Bertz CT molecular complexity index is 915. The molecule has 1 fully saturated rings. The van der Waals surface area contributed by atoms with Crippen LogP contribution in [-0.2, 0) is 4.79 Å². The summed E-state index contributed by atoms with van der Waals surface area (Å²) in [5.41, 5.74) is 5.99. The van der Waals surface area contributed by atoms with Crippen molar-refractivity contribution in [1.82, 2.24) is 4.90 Å². The van der Waals surface area contributed by atoms with Crippen LogP contribution in [0.2, 0.25) is 6.32 Å². The molecule has 0 aliphatic carbocycles. The lowest BCUT2D eigenvalue weighted by Gasteiger charge is -2.41. The van der Waals surface area contributed by atoms with E-state index in [4.69, 9.17) is 28.0 Å². The van der Waals surface area contributed by atoms with E-state index in [1.807, 2.05) is 24.3 Å². The van der Waals surface area contributed by atoms with E-state index in [9.17, 15) is 9.90 Å². The van der Waals surface area contributed by atoms with Crippen LogP contribution in [0.4, 0.5) is 5.69 Å². The van der Waals surface area contributed by atoms with Gasteiger partial charge in [0.05, 0.1) is 0 Å². The molecular formula is C22H30BN3O4S. The van der Waals surface area contributed by atoms with Crippen molar-refractivity contribution in [3.63, 3.8) is 0 Å². The largest absolute Gasteiger partial charge is 0.480 e. The number of rotatable bonds is 8. The van der Waals surface area contributed by atoms with E-state index in [1.165, 1.54) is 0 Å². The molecule has 7 nitrogen and oxygen atoms in total. The average Bonchev–Trinajstić information content (AvgIpc) is 2.76. The van der Waals surface area contributed by atoms with Crippen LogP contribution < -0.4 is 11.1 Å². The molecule has 1 aliphatic rings. The first-order chi connectivity index (χ1) is 14.8. The van der Waals surface area contributed by atoms with Gasteiger partial charge in [0.25, 0.3) is 0 Å². The van der Waals surface area contributed by atoms with Crippen LogP contribution in [0.25, 0.3) is 10.8 Å². The summed E-state index contributed by atoms with van der Waals surface area (Å²) in [5.74, 6) is -1.15. The molecule has 31 heavy (non-hydrogen) atoms. The van der Waals surface area contributed by atoms with Gasteiger partial charge >= 0.3 is 13.1 Å². The SMILES string of the molecule is NC(CCCCB(O)O)(C(=O)O)C1CCN(C(=S)Nc2cccc3ccccc23)CC1. The molecule has 0 spiro atoms. The van der Waals surface area contributed by atoms with Crippen LogP contribution in [0.3, 0.4) is 0 Å². The van der Waals surface area contributed by atoms with Gasteiger partial charge in [-0.2, -0.15) is 0 Å². The molecule has 3 rings (SSSR count). The van der Waals surface area contributed by atoms with Gasteiger partial charge in [0.1, 0.15) is 5.54 Å². The number of aliphatic carboxylic acids is 1. The third kappa shape index (κ3) is 5.74. The van der Waals surface area contributed by atoms with Crippen molar-refractivity contribution >= 4 is 46.9 Å². The molecular weight excluding hydrogens is 413 g/mol. The van der Waals surface area contributed by atoms with Crippen LogP contribution in [0.15, 0.2) is 42.5 Å². The highest BCUT2D eigenvalue weighted by Crippen LogP contribution is 2.32. The number of anilines is 1. The number of hydrogen-bond acceptors (Lipinski definition) is 5. The summed E-state index contributed by atoms with van der Waals surface area (Å²) in [4.78, 5) is 14.0. The van der Waals surface area contributed by atoms with Gasteiger partial charge in [-0.25, -0.2) is 0 Å². The Kier molecular flexibility index (Phi) is 7.88. The highest BCUT2D eigenvalue weighted by atomic mass is 32.1. The van der Waals surface area contributed by atoms with Gasteiger partial charge in [-0.3, -0.25) is 4.79 Å². The minimum absolute atomic E-state index is 0.152. The van der Waals surface area contributed by atoms with E-state index < -0.39 is 18.6 Å². The number of fused-ring (bicyclic) bond motifs is 1. The lowest BCUT2D eigenvalue weighted by atomic mass is 9.74. The number of likely N-dealkylation sites (tertiary alicyclic amines) is 1. The fourth-order valence-corrected chi connectivity index (χ4v) is 4.65. The third-order valence-electron chi connectivity index (χ3n) is 6.24. The second-order valence-electron chi connectivity index (χ2n) is 8.29. The molecule has 1 atom stereocenters. The first-order valence-electron chi connectivity index (χ1n) is 10.7. The normalized spacial score (nSPS) is 16.7. The highest BCUT2D eigenvalue weighted by Gasteiger charge is 2.43. The molecule has 0 aromatic heterocycles. The maximum atomic E-state index is 12.0. The summed E-state index contributed by atoms with van der Waals surface area (Å²) >= 11 is 5.63. The number of nitrogens with two attached hydrogens (primary N) is 1. The second-order valence-corrected chi connectivity index (χ2v) is 8.68. The van der Waals surface area contributed by atoms with E-state index in [0.717, 1.165) is 16.5 Å². The van der Waals surface area contributed by atoms with E-state index in [1.54, 1.807) is 0 Å². The number of hydrogen-bond donors (Lipinski definition) is 5. The zero-order valence-corrected chi connectivity index (χ0v) is 18.4. The van der Waals surface area contributed by atoms with Crippen molar-refractivity contribution in [2.45, 2.75) is 44.0 Å². The number of benzene rings is 2. The standard InChI is InChI=1S/C22H30BN3O4S/c24-22(20(27)28,12-3-4-13-23(29)30)17-10-14-26(15-11-17)21(31)25-19-9-5-7-16-6-1-2-8-18(16)19/h1-2,5-9,17,29-30H,3-4,10-15,24H2,(H,25,31)(H,27,28). The monoisotopic (exact) mass is 443 g/mol. The first kappa shape index (κ1) is 23.5. The Morgan fingerprint density at radius 2 is 1.84 bits per heavy atom. The molecule has 1 saturated heterocycles. The molecule has 0 amide bonds. The smallest absolute Gasteiger partial charge is 0.451 e. The molecule has 2 aromatic rings. The molecule has 0 bridgehead atoms. The number of piperidine rings is 1. The molecule has 0 radical (unpaired) electrons. The van der Waals surface area contributed by atoms with Crippen molar-refractivity contribution in [1.29, 1.82) is 0 Å². The fraction of sp³-hybridized carbons (Fsp3) is 0.455. The molecule has 0 saturated carbocycles. The first-order valence-corrected chi connectivity index (χ1v) is 11.1. The molecule has 9 heteroatoms. The van der Waals surface area contributed by atoms with Crippen LogP contribution >= 0.6 is 12.2 Å². The number of thiocarbonyl (C=S) groups is 1. The van der Waals surface area contributed by atoms with Gasteiger partial charge in [0.15, 0.2) is 5.11 Å². The predicted octanol–water partition coefficient (Wildman–Crippen LogP) is 2.67. The number of carboxylic acids is 1. The summed E-state index contributed by atoms with van der Waals surface area (Å²) in [7, 11) is -1.37. The number of nitrogens with zero attached hydrogens (tertiary/aromatic N) is 1. The Balaban J connectivity index is 1.58. The Labute approximate surface area is 188 Å². The van der Waals surface area contributed by atoms with Crippen molar-refractivity contribution < 1.29 is 19.9 Å². The number of unbranched alkanes of at least 4 members (excludes halogenated alkanes) is 1. The van der Waals surface area contributed by atoms with Crippen molar-refractivity contribution in [3.8, 4) is 0 Å². The molecule has 1 aliphatic heterocycles. The van der Waals surface area contributed by atoms with E-state index in [2.05, 4.69) is 28.4 Å². The van der Waals surface area contributed by atoms with E-state index >= 15 is 0 Å². The van der Waals surface area contributed by atoms with Gasteiger partial charge in [-0.15, -0.1) is 0 Å². The van der Waals surface area contributed by atoms with Crippen molar-refractivity contribution in [2.75, 3.05) is 18.4 Å². The van der Waals surface area contributed by atoms with Gasteiger partial charge in [0.2, 0.25) is 0 Å². The molecule has 1 heterocycles. The van der Waals surface area contributed by atoms with Crippen molar-refractivity contribution in [3.05, 3.63) is 42.5 Å². The highest BCUT2D eigenvalue weighted by molar-refractivity contribution is 7.80. The molecule has 6 N–H and O–H groups in total. The van der Waals surface area contributed by atoms with Gasteiger partial charge in [-0.1, -0.05) is 49.2 Å². The fourth-order valence-electron chi connectivity index (χ4n) is 4.36. The van der Waals surface area contributed by atoms with E-state index in [-0.39, 0.29) is 12.2 Å². The van der Waals surface area contributed by atoms with Gasteiger partial charge < -0.3 is 31.1 Å². The zero-order chi connectivity index (χ0) is 22.4. The summed E-state index contributed by atoms with van der Waals surface area (Å²) in [6.07, 6.45) is 2.90. The number of nitrogens with one attached hydrogen (secondary N) is 1. The maximum Gasteiger partial charge on any atom is 0.451 e. The summed E-state index contributed by atoms with van der Waals surface area (Å²) in [6, 6.07) is 14.2. The molecule has 2 aromatic carbocycles. The summed E-state index contributed by atoms with van der Waals surface area (Å²) in [6.45, 7) is 1.28. The quantitative estimate of drug-likeness (QED) is 0.240. The van der Waals surface area contributed by atoms with Crippen LogP contribution in [-0.4, -0.2) is 56.9 Å². The van der Waals surface area contributed by atoms with Crippen molar-refractivity contribution in [2.24, 2.45) is 11.7 Å². The van der Waals surface area contributed by atoms with Gasteiger partial charge in [-0.05, 0) is 55.2 Å². The zero-order valence-electron chi connectivity index (χ0n) is 17.5. The molecule has 1 unspecified atom stereocenters. The third-order valence-corrected chi connectivity index (χ3v) is 6.60. The number of carboxylic acid groups (broad SMARTS) is 1. The maximum absolute atomic E-state index is 12.0. The second kappa shape index (κ2) is 10.4. The molecule has 166 valence electrons.